The van der Waals surface area contributed by atoms with Crippen LogP contribution >= 0.6 is 24.2 Å². The number of fused-ring (bicyclic) bond motifs is 1. The average Bonchev–Trinajstić information content (AvgIpc) is 2.89. The fraction of sp³-hybridized carbons (Fsp3) is 0.227. The molecule has 1 aromatic heterocycles. The second-order valence-corrected chi connectivity index (χ2v) is 8.60. The Morgan fingerprint density at radius 2 is 1.80 bits per heavy atom. The molecule has 4 rings (SSSR count). The minimum atomic E-state index is -0.916. The summed E-state index contributed by atoms with van der Waals surface area (Å²) < 4.78 is 1.52. The second-order valence-electron chi connectivity index (χ2n) is 7.73. The largest absolute Gasteiger partial charge is 0.328 e. The molecule has 8 heteroatoms. The third-order valence-electron chi connectivity index (χ3n) is 5.50. The van der Waals surface area contributed by atoms with Crippen LogP contribution in [0.3, 0.4) is 0 Å². The Labute approximate surface area is 184 Å². The van der Waals surface area contributed by atoms with Gasteiger partial charge in [0.25, 0.3) is 11.5 Å². The number of nitriles is 1. The van der Waals surface area contributed by atoms with E-state index in [2.05, 4.69) is 0 Å². The van der Waals surface area contributed by atoms with E-state index in [-0.39, 0.29) is 16.5 Å². The first kappa shape index (κ1) is 20.3. The third kappa shape index (κ3) is 2.95. The summed E-state index contributed by atoms with van der Waals surface area (Å²) in [6.07, 6.45) is 1.73. The van der Waals surface area contributed by atoms with Crippen molar-refractivity contribution in [1.82, 2.24) is 4.57 Å². The van der Waals surface area contributed by atoms with Gasteiger partial charge in [0.15, 0.2) is 5.50 Å². The number of carbonyl (C=O) groups is 1. The molecule has 1 amide bonds. The van der Waals surface area contributed by atoms with Crippen LogP contribution in [-0.4, -0.2) is 21.5 Å². The quantitative estimate of drug-likeness (QED) is 0.616. The number of halogens is 1. The molecule has 0 aliphatic carbocycles. The summed E-state index contributed by atoms with van der Waals surface area (Å²) in [5, 5.41) is 10.8. The summed E-state index contributed by atoms with van der Waals surface area (Å²) in [6.45, 7) is 3.63. The molecule has 0 saturated carbocycles. The van der Waals surface area contributed by atoms with Crippen molar-refractivity contribution in [2.45, 2.75) is 24.9 Å². The zero-order valence-electron chi connectivity index (χ0n) is 16.6. The molecule has 0 bridgehead atoms. The standard InChI is InChI=1S/C22H19ClN4O2S/c1-22(2)20(29)26(15-6-5-14(12-24)18(23)11-15)21(30)27(22)16-7-4-13-8-9-25(3)19(28)17(13)10-16/h4-11,21,30H,1-3H3. The molecule has 152 valence electrons. The van der Waals surface area contributed by atoms with E-state index in [0.717, 1.165) is 5.39 Å². The Morgan fingerprint density at radius 1 is 1.10 bits per heavy atom. The number of thiol groups is 1. The summed E-state index contributed by atoms with van der Waals surface area (Å²) in [5.74, 6) is -0.163. The first-order chi connectivity index (χ1) is 14.2. The number of hydrogen-bond donors (Lipinski definition) is 1. The highest BCUT2D eigenvalue weighted by atomic mass is 35.5. The van der Waals surface area contributed by atoms with E-state index in [1.54, 1.807) is 42.4 Å². The SMILES string of the molecule is Cn1ccc2ccc(N3C(S)N(c4ccc(C#N)c(Cl)c4)C(=O)C3(C)C)cc2c1=O. The smallest absolute Gasteiger partial charge is 0.258 e. The Hall–Kier alpha value is -2.95. The van der Waals surface area contributed by atoms with Gasteiger partial charge in [-0.1, -0.05) is 17.7 Å². The fourth-order valence-electron chi connectivity index (χ4n) is 3.83. The summed E-state index contributed by atoms with van der Waals surface area (Å²) in [7, 11) is 1.70. The molecule has 2 aromatic carbocycles. The second kappa shape index (κ2) is 7.08. The van der Waals surface area contributed by atoms with Crippen LogP contribution in [0, 0.1) is 11.3 Å². The molecule has 1 aliphatic heterocycles. The Morgan fingerprint density at radius 3 is 2.47 bits per heavy atom. The van der Waals surface area contributed by atoms with Gasteiger partial charge in [0, 0.05) is 30.0 Å². The Kier molecular flexibility index (Phi) is 4.80. The van der Waals surface area contributed by atoms with Crippen molar-refractivity contribution in [3.8, 4) is 6.07 Å². The highest BCUT2D eigenvalue weighted by Crippen LogP contribution is 2.41. The van der Waals surface area contributed by atoms with Crippen LogP contribution in [0.1, 0.15) is 19.4 Å². The molecular formula is C22H19ClN4O2S. The maximum atomic E-state index is 13.3. The highest BCUT2D eigenvalue weighted by molar-refractivity contribution is 7.81. The van der Waals surface area contributed by atoms with Crippen molar-refractivity contribution in [3.63, 3.8) is 0 Å². The van der Waals surface area contributed by atoms with Crippen LogP contribution < -0.4 is 15.4 Å². The van der Waals surface area contributed by atoms with Crippen molar-refractivity contribution in [2.24, 2.45) is 7.05 Å². The van der Waals surface area contributed by atoms with Crippen molar-refractivity contribution in [2.75, 3.05) is 9.80 Å². The first-order valence-corrected chi connectivity index (χ1v) is 10.2. The van der Waals surface area contributed by atoms with Gasteiger partial charge in [-0.25, -0.2) is 0 Å². The fourth-order valence-corrected chi connectivity index (χ4v) is 4.71. The van der Waals surface area contributed by atoms with E-state index in [0.29, 0.717) is 22.3 Å². The number of anilines is 2. The molecule has 1 unspecified atom stereocenters. The van der Waals surface area contributed by atoms with Gasteiger partial charge in [-0.2, -0.15) is 5.26 Å². The molecule has 1 fully saturated rings. The molecule has 30 heavy (non-hydrogen) atoms. The van der Waals surface area contributed by atoms with Gasteiger partial charge in [0.1, 0.15) is 11.6 Å². The van der Waals surface area contributed by atoms with Gasteiger partial charge in [-0.15, -0.1) is 12.6 Å². The summed E-state index contributed by atoms with van der Waals surface area (Å²) in [4.78, 5) is 29.3. The van der Waals surface area contributed by atoms with E-state index in [9.17, 15) is 9.59 Å². The number of rotatable bonds is 2. The lowest BCUT2D eigenvalue weighted by molar-refractivity contribution is -0.120. The normalized spacial score (nSPS) is 18.1. The maximum Gasteiger partial charge on any atom is 0.258 e. The van der Waals surface area contributed by atoms with Gasteiger partial charge in [-0.3, -0.25) is 14.5 Å². The molecule has 2 heterocycles. The molecular weight excluding hydrogens is 420 g/mol. The summed E-state index contributed by atoms with van der Waals surface area (Å²) in [5.41, 5.74) is -0.0434. The van der Waals surface area contributed by atoms with Crippen molar-refractivity contribution in [1.29, 1.82) is 5.26 Å². The van der Waals surface area contributed by atoms with Crippen molar-refractivity contribution in [3.05, 3.63) is 69.6 Å². The van der Waals surface area contributed by atoms with Gasteiger partial charge in [0.05, 0.1) is 10.6 Å². The molecule has 1 saturated heterocycles. The molecule has 1 atom stereocenters. The predicted molar refractivity (Wildman–Crippen MR) is 122 cm³/mol. The first-order valence-electron chi connectivity index (χ1n) is 9.27. The van der Waals surface area contributed by atoms with Crippen molar-refractivity contribution >= 4 is 52.3 Å². The van der Waals surface area contributed by atoms with Gasteiger partial charge >= 0.3 is 0 Å². The van der Waals surface area contributed by atoms with Gasteiger partial charge in [0.2, 0.25) is 0 Å². The Bertz CT molecular complexity index is 1290. The van der Waals surface area contributed by atoms with E-state index >= 15 is 0 Å². The van der Waals surface area contributed by atoms with Gasteiger partial charge < -0.3 is 9.47 Å². The average molecular weight is 439 g/mol. The van der Waals surface area contributed by atoms with E-state index in [4.69, 9.17) is 29.5 Å². The van der Waals surface area contributed by atoms with E-state index < -0.39 is 11.0 Å². The van der Waals surface area contributed by atoms with Crippen LogP contribution in [-0.2, 0) is 11.8 Å². The number of nitrogens with zero attached hydrogens (tertiary/aromatic N) is 4. The zero-order valence-corrected chi connectivity index (χ0v) is 18.3. The lowest BCUT2D eigenvalue weighted by Crippen LogP contribution is -2.45. The number of hydrogen-bond acceptors (Lipinski definition) is 5. The maximum absolute atomic E-state index is 13.3. The molecule has 1 aliphatic rings. The number of pyridine rings is 1. The summed E-state index contributed by atoms with van der Waals surface area (Å²) in [6, 6.07) is 14.3. The molecule has 6 nitrogen and oxygen atoms in total. The van der Waals surface area contributed by atoms with Gasteiger partial charge in [-0.05, 0) is 55.6 Å². The third-order valence-corrected chi connectivity index (χ3v) is 6.28. The van der Waals surface area contributed by atoms with Crippen LogP contribution in [0.15, 0.2) is 53.5 Å². The number of amides is 1. The van der Waals surface area contributed by atoms with Crippen LogP contribution in [0.2, 0.25) is 5.02 Å². The Balaban J connectivity index is 1.83. The monoisotopic (exact) mass is 438 g/mol. The predicted octanol–water partition coefficient (Wildman–Crippen LogP) is 3.91. The number of aromatic nitrogens is 1. The van der Waals surface area contributed by atoms with Crippen LogP contribution in [0.25, 0.3) is 10.8 Å². The molecule has 0 N–H and O–H groups in total. The van der Waals surface area contributed by atoms with Crippen LogP contribution in [0.4, 0.5) is 11.4 Å². The van der Waals surface area contributed by atoms with Crippen LogP contribution in [0.5, 0.6) is 0 Å². The topological polar surface area (TPSA) is 69.3 Å². The van der Waals surface area contributed by atoms with E-state index in [1.807, 2.05) is 43.0 Å². The summed E-state index contributed by atoms with van der Waals surface area (Å²) >= 11 is 10.9. The number of aryl methyl sites for hydroxylation is 1. The lowest BCUT2D eigenvalue weighted by Gasteiger charge is -2.33. The lowest BCUT2D eigenvalue weighted by atomic mass is 10.0. The minimum absolute atomic E-state index is 0.107. The highest BCUT2D eigenvalue weighted by Gasteiger charge is 2.51. The molecule has 3 aromatic rings. The zero-order chi connectivity index (χ0) is 21.8. The van der Waals surface area contributed by atoms with Crippen molar-refractivity contribution < 1.29 is 4.79 Å². The number of carbonyl (C=O) groups excluding carboxylic acids is 1. The minimum Gasteiger partial charge on any atom is -0.328 e. The number of benzene rings is 2. The molecule has 0 radical (unpaired) electrons. The molecule has 0 spiro atoms. The van der Waals surface area contributed by atoms with E-state index in [1.165, 1.54) is 4.57 Å².